The van der Waals surface area contributed by atoms with Gasteiger partial charge in [0.25, 0.3) is 5.95 Å². The summed E-state index contributed by atoms with van der Waals surface area (Å²) in [5.41, 5.74) is 0. The Morgan fingerprint density at radius 2 is 1.87 bits per heavy atom. The molecule has 15 heavy (non-hydrogen) atoms. The highest BCUT2D eigenvalue weighted by Crippen LogP contribution is 2.13. The molecular formula is C9H12O6. The smallest absolute Gasteiger partial charge is 0.462 e. The molecule has 84 valence electrons. The third kappa shape index (κ3) is 2.76. The van der Waals surface area contributed by atoms with E-state index >= 15 is 0 Å². The summed E-state index contributed by atoms with van der Waals surface area (Å²) < 4.78 is 24.8. The second kappa shape index (κ2) is 4.39. The van der Waals surface area contributed by atoms with Crippen LogP contribution in [0.2, 0.25) is 0 Å². The molecule has 2 atom stereocenters. The molecule has 0 bridgehead atoms. The first-order valence-electron chi connectivity index (χ1n) is 4.63. The van der Waals surface area contributed by atoms with Gasteiger partial charge in [-0.05, 0) is 6.58 Å². The summed E-state index contributed by atoms with van der Waals surface area (Å²) in [5.74, 6) is 0.319. The van der Waals surface area contributed by atoms with Crippen molar-refractivity contribution >= 4 is 6.16 Å². The zero-order valence-corrected chi connectivity index (χ0v) is 8.14. The third-order valence-corrected chi connectivity index (χ3v) is 1.99. The lowest BCUT2D eigenvalue weighted by Gasteiger charge is -2.10. The number of hydrogen-bond donors (Lipinski definition) is 0. The average molecular weight is 216 g/mol. The normalized spacial score (nSPS) is 29.3. The van der Waals surface area contributed by atoms with Crippen molar-refractivity contribution in [1.82, 2.24) is 0 Å². The predicted octanol–water partition coefficient (Wildman–Crippen LogP) is 0.425. The van der Waals surface area contributed by atoms with Gasteiger partial charge in [0.1, 0.15) is 13.2 Å². The van der Waals surface area contributed by atoms with Gasteiger partial charge in [0, 0.05) is 0 Å². The largest absolute Gasteiger partial charge is 0.508 e. The minimum atomic E-state index is -0.641. The Kier molecular flexibility index (Phi) is 2.96. The number of ether oxygens (including phenoxy) is 5. The van der Waals surface area contributed by atoms with Gasteiger partial charge in [-0.25, -0.2) is 4.79 Å². The quantitative estimate of drug-likeness (QED) is 0.635. The van der Waals surface area contributed by atoms with Crippen LogP contribution in [0.15, 0.2) is 12.5 Å². The molecule has 2 unspecified atom stereocenters. The molecule has 2 aliphatic heterocycles. The molecule has 0 radical (unpaired) electrons. The minimum absolute atomic E-state index is 0.129. The van der Waals surface area contributed by atoms with Crippen LogP contribution in [0.5, 0.6) is 0 Å². The van der Waals surface area contributed by atoms with Crippen molar-refractivity contribution < 1.29 is 28.5 Å². The van der Waals surface area contributed by atoms with Crippen molar-refractivity contribution in [2.45, 2.75) is 12.2 Å². The summed E-state index contributed by atoms with van der Waals surface area (Å²) in [5, 5.41) is 0. The van der Waals surface area contributed by atoms with Gasteiger partial charge in [-0.2, -0.15) is 0 Å². The van der Waals surface area contributed by atoms with Gasteiger partial charge in [-0.3, -0.25) is 0 Å². The van der Waals surface area contributed by atoms with Crippen LogP contribution in [0, 0.1) is 0 Å². The third-order valence-electron chi connectivity index (χ3n) is 1.99. The van der Waals surface area contributed by atoms with Crippen LogP contribution in [0.4, 0.5) is 4.79 Å². The summed E-state index contributed by atoms with van der Waals surface area (Å²) in [6.07, 6.45) is -1.09. The van der Waals surface area contributed by atoms with Crippen molar-refractivity contribution in [2.24, 2.45) is 0 Å². The fourth-order valence-corrected chi connectivity index (χ4v) is 1.30. The fourth-order valence-electron chi connectivity index (χ4n) is 1.30. The average Bonchev–Trinajstić information content (AvgIpc) is 2.76. The van der Waals surface area contributed by atoms with E-state index in [-0.39, 0.29) is 18.8 Å². The van der Waals surface area contributed by atoms with Crippen LogP contribution in [-0.4, -0.2) is 44.8 Å². The first-order chi connectivity index (χ1) is 7.24. The number of hydrogen-bond acceptors (Lipinski definition) is 6. The Morgan fingerprint density at radius 1 is 1.20 bits per heavy atom. The number of carbonyl (C=O) groups excluding carboxylic acids is 1. The van der Waals surface area contributed by atoms with E-state index in [0.29, 0.717) is 25.8 Å². The highest BCUT2D eigenvalue weighted by molar-refractivity contribution is 5.61. The van der Waals surface area contributed by atoms with Crippen molar-refractivity contribution in [1.29, 1.82) is 0 Å². The molecule has 2 fully saturated rings. The van der Waals surface area contributed by atoms with E-state index in [1.54, 1.807) is 0 Å². The van der Waals surface area contributed by atoms with Gasteiger partial charge in [0.15, 0.2) is 12.2 Å². The molecule has 2 heterocycles. The second-order valence-electron chi connectivity index (χ2n) is 3.26. The zero-order valence-electron chi connectivity index (χ0n) is 8.14. The molecular weight excluding hydrogens is 204 g/mol. The van der Waals surface area contributed by atoms with Gasteiger partial charge in [0.2, 0.25) is 0 Å². The molecule has 2 aliphatic rings. The second-order valence-corrected chi connectivity index (χ2v) is 3.26. The van der Waals surface area contributed by atoms with E-state index in [9.17, 15) is 4.79 Å². The summed E-state index contributed by atoms with van der Waals surface area (Å²) in [4.78, 5) is 10.6. The fraction of sp³-hybridized carbons (Fsp3) is 0.667. The first kappa shape index (κ1) is 10.1. The first-order valence-corrected chi connectivity index (χ1v) is 4.63. The topological polar surface area (TPSA) is 63.2 Å². The molecule has 0 aromatic carbocycles. The SMILES string of the molecule is C=C1OCC(COCC2COC(=O)O2)O1. The van der Waals surface area contributed by atoms with Crippen LogP contribution in [0.1, 0.15) is 0 Å². The maximum absolute atomic E-state index is 10.6. The standard InChI is InChI=1S/C9H12O6/c1-6-12-4-7(14-6)2-11-3-8-5-13-9(10)15-8/h7-8H,1-5H2. The summed E-state index contributed by atoms with van der Waals surface area (Å²) >= 11 is 0. The maximum atomic E-state index is 10.6. The lowest BCUT2D eigenvalue weighted by Crippen LogP contribution is -2.23. The van der Waals surface area contributed by atoms with Gasteiger partial charge in [-0.15, -0.1) is 0 Å². The lowest BCUT2D eigenvalue weighted by atomic mass is 10.4. The Labute approximate surface area is 86.7 Å². The molecule has 6 heteroatoms. The summed E-state index contributed by atoms with van der Waals surface area (Å²) in [6.45, 7) is 4.88. The number of cyclic esters (lactones) is 2. The highest BCUT2D eigenvalue weighted by atomic mass is 16.8. The Morgan fingerprint density at radius 3 is 2.40 bits per heavy atom. The van der Waals surface area contributed by atoms with Crippen molar-refractivity contribution in [3.05, 3.63) is 12.5 Å². The van der Waals surface area contributed by atoms with E-state index in [2.05, 4.69) is 11.3 Å². The Bertz CT molecular complexity index is 237. The monoisotopic (exact) mass is 216 g/mol. The number of rotatable bonds is 4. The van der Waals surface area contributed by atoms with Crippen LogP contribution < -0.4 is 0 Å². The Hall–Kier alpha value is -1.43. The van der Waals surface area contributed by atoms with Gasteiger partial charge in [0.05, 0.1) is 13.2 Å². The molecule has 0 aromatic heterocycles. The van der Waals surface area contributed by atoms with Crippen molar-refractivity contribution in [3.8, 4) is 0 Å². The molecule has 0 amide bonds. The predicted molar refractivity (Wildman–Crippen MR) is 47.0 cm³/mol. The Balaban J connectivity index is 1.59. The minimum Gasteiger partial charge on any atom is -0.462 e. The summed E-state index contributed by atoms with van der Waals surface area (Å²) in [6, 6.07) is 0. The lowest BCUT2D eigenvalue weighted by molar-refractivity contribution is 0.00396. The molecule has 6 nitrogen and oxygen atoms in total. The van der Waals surface area contributed by atoms with E-state index < -0.39 is 6.16 Å². The van der Waals surface area contributed by atoms with Gasteiger partial charge in [-0.1, -0.05) is 0 Å². The van der Waals surface area contributed by atoms with Gasteiger partial charge >= 0.3 is 6.16 Å². The van der Waals surface area contributed by atoms with Crippen LogP contribution in [0.3, 0.4) is 0 Å². The maximum Gasteiger partial charge on any atom is 0.508 e. The molecule has 0 N–H and O–H groups in total. The molecule has 0 aliphatic carbocycles. The highest BCUT2D eigenvalue weighted by Gasteiger charge is 2.26. The molecule has 0 spiro atoms. The number of carbonyl (C=O) groups is 1. The molecule has 0 saturated carbocycles. The van der Waals surface area contributed by atoms with Gasteiger partial charge < -0.3 is 23.7 Å². The van der Waals surface area contributed by atoms with E-state index in [1.807, 2.05) is 0 Å². The summed E-state index contributed by atoms with van der Waals surface area (Å²) in [7, 11) is 0. The molecule has 2 rings (SSSR count). The van der Waals surface area contributed by atoms with Crippen molar-refractivity contribution in [2.75, 3.05) is 26.4 Å². The molecule has 0 aromatic rings. The van der Waals surface area contributed by atoms with Crippen LogP contribution in [-0.2, 0) is 23.7 Å². The molecule has 2 saturated heterocycles. The van der Waals surface area contributed by atoms with E-state index in [4.69, 9.17) is 18.9 Å². The van der Waals surface area contributed by atoms with E-state index in [0.717, 1.165) is 0 Å². The zero-order chi connectivity index (χ0) is 10.7. The van der Waals surface area contributed by atoms with E-state index in [1.165, 1.54) is 0 Å². The van der Waals surface area contributed by atoms with Crippen LogP contribution in [0.25, 0.3) is 0 Å². The van der Waals surface area contributed by atoms with Crippen molar-refractivity contribution in [3.63, 3.8) is 0 Å². The van der Waals surface area contributed by atoms with Crippen LogP contribution >= 0.6 is 0 Å².